The molecule has 0 aromatic heterocycles. The van der Waals surface area contributed by atoms with Gasteiger partial charge in [0.25, 0.3) is 0 Å². The lowest BCUT2D eigenvalue weighted by atomic mass is 10.1. The van der Waals surface area contributed by atoms with E-state index in [2.05, 4.69) is 10.6 Å². The molecule has 0 bridgehead atoms. The van der Waals surface area contributed by atoms with Gasteiger partial charge in [0, 0.05) is 38.5 Å². The van der Waals surface area contributed by atoms with Crippen molar-refractivity contribution in [2.24, 2.45) is 5.92 Å². The van der Waals surface area contributed by atoms with Crippen LogP contribution in [0.15, 0.2) is 0 Å². The molecule has 18 heavy (non-hydrogen) atoms. The minimum atomic E-state index is -0.0555. The summed E-state index contributed by atoms with van der Waals surface area (Å²) in [4.78, 5) is 25.4. The van der Waals surface area contributed by atoms with Crippen LogP contribution in [0.1, 0.15) is 32.6 Å². The van der Waals surface area contributed by atoms with Crippen LogP contribution in [0.25, 0.3) is 0 Å². The van der Waals surface area contributed by atoms with E-state index < -0.39 is 0 Å². The molecule has 1 atom stereocenters. The van der Waals surface area contributed by atoms with Crippen LogP contribution < -0.4 is 10.6 Å². The van der Waals surface area contributed by atoms with E-state index in [0.29, 0.717) is 19.5 Å². The smallest absolute Gasteiger partial charge is 0.224 e. The van der Waals surface area contributed by atoms with Crippen molar-refractivity contribution in [3.63, 3.8) is 0 Å². The van der Waals surface area contributed by atoms with E-state index in [1.165, 1.54) is 6.42 Å². The predicted octanol–water partition coefficient (Wildman–Crippen LogP) is 0.361. The third-order valence-corrected chi connectivity index (χ3v) is 3.30. The Morgan fingerprint density at radius 1 is 1.22 bits per heavy atom. The molecule has 0 saturated carbocycles. The highest BCUT2D eigenvalue weighted by Gasteiger charge is 2.17. The molecular weight excluding hydrogens is 230 g/mol. The number of piperidine rings is 1. The summed E-state index contributed by atoms with van der Waals surface area (Å²) in [6.45, 7) is 4.73. The zero-order valence-electron chi connectivity index (χ0n) is 11.5. The fourth-order valence-corrected chi connectivity index (χ4v) is 2.17. The number of carbonyl (C=O) groups excluding carboxylic acids is 2. The Labute approximate surface area is 109 Å². The van der Waals surface area contributed by atoms with E-state index in [-0.39, 0.29) is 17.7 Å². The minimum absolute atomic E-state index is 0.00999. The molecule has 5 heteroatoms. The maximum Gasteiger partial charge on any atom is 0.224 e. The van der Waals surface area contributed by atoms with Gasteiger partial charge >= 0.3 is 0 Å². The van der Waals surface area contributed by atoms with Crippen LogP contribution in [0.5, 0.6) is 0 Å². The van der Waals surface area contributed by atoms with Gasteiger partial charge in [-0.2, -0.15) is 0 Å². The SMILES string of the molecule is CNCC(C)C(=O)NCCC(=O)N1CCCCC1. The highest BCUT2D eigenvalue weighted by Crippen LogP contribution is 2.09. The van der Waals surface area contributed by atoms with Crippen LogP contribution >= 0.6 is 0 Å². The van der Waals surface area contributed by atoms with Crippen LogP contribution in [-0.4, -0.2) is 49.9 Å². The van der Waals surface area contributed by atoms with Crippen LogP contribution in [0.2, 0.25) is 0 Å². The molecule has 0 spiro atoms. The second-order valence-electron chi connectivity index (χ2n) is 4.94. The van der Waals surface area contributed by atoms with Gasteiger partial charge < -0.3 is 15.5 Å². The maximum absolute atomic E-state index is 11.8. The predicted molar refractivity (Wildman–Crippen MR) is 71.1 cm³/mol. The third kappa shape index (κ3) is 5.04. The average Bonchev–Trinajstić information content (AvgIpc) is 2.39. The first kappa shape index (κ1) is 15.0. The van der Waals surface area contributed by atoms with E-state index in [9.17, 15) is 9.59 Å². The Morgan fingerprint density at radius 3 is 2.50 bits per heavy atom. The number of rotatable bonds is 6. The molecule has 104 valence electrons. The van der Waals surface area contributed by atoms with Gasteiger partial charge in [0.05, 0.1) is 0 Å². The molecule has 1 unspecified atom stereocenters. The summed E-state index contributed by atoms with van der Waals surface area (Å²) in [6.07, 6.45) is 3.86. The van der Waals surface area contributed by atoms with Gasteiger partial charge in [-0.15, -0.1) is 0 Å². The molecule has 0 aromatic rings. The lowest BCUT2D eigenvalue weighted by Gasteiger charge is -2.26. The zero-order chi connectivity index (χ0) is 13.4. The van der Waals surface area contributed by atoms with Crippen molar-refractivity contribution < 1.29 is 9.59 Å². The van der Waals surface area contributed by atoms with Gasteiger partial charge in [0.2, 0.25) is 11.8 Å². The summed E-state index contributed by atoms with van der Waals surface area (Å²) in [5, 5.41) is 5.77. The lowest BCUT2D eigenvalue weighted by Crippen LogP contribution is -2.39. The molecule has 5 nitrogen and oxygen atoms in total. The maximum atomic E-state index is 11.8. The summed E-state index contributed by atoms with van der Waals surface area (Å²) in [6, 6.07) is 0. The molecule has 0 aromatic carbocycles. The molecule has 2 amide bonds. The van der Waals surface area contributed by atoms with E-state index >= 15 is 0 Å². The number of nitrogens with one attached hydrogen (secondary N) is 2. The monoisotopic (exact) mass is 255 g/mol. The fraction of sp³-hybridized carbons (Fsp3) is 0.846. The molecule has 1 fully saturated rings. The molecule has 0 aliphatic carbocycles. The normalized spacial score (nSPS) is 17.3. The quantitative estimate of drug-likeness (QED) is 0.720. The van der Waals surface area contributed by atoms with Crippen molar-refractivity contribution in [3.05, 3.63) is 0 Å². The first-order chi connectivity index (χ1) is 8.65. The largest absolute Gasteiger partial charge is 0.355 e. The third-order valence-electron chi connectivity index (χ3n) is 3.30. The fourth-order valence-electron chi connectivity index (χ4n) is 2.17. The second-order valence-corrected chi connectivity index (χ2v) is 4.94. The van der Waals surface area contributed by atoms with Crippen molar-refractivity contribution >= 4 is 11.8 Å². The summed E-state index contributed by atoms with van der Waals surface area (Å²) in [5.74, 6) is 0.118. The van der Waals surface area contributed by atoms with Gasteiger partial charge in [-0.1, -0.05) is 6.92 Å². The molecular formula is C13H25N3O2. The van der Waals surface area contributed by atoms with Crippen LogP contribution in [0.3, 0.4) is 0 Å². The van der Waals surface area contributed by atoms with Crippen LogP contribution in [-0.2, 0) is 9.59 Å². The van der Waals surface area contributed by atoms with Crippen LogP contribution in [0, 0.1) is 5.92 Å². The molecule has 1 rings (SSSR count). The Morgan fingerprint density at radius 2 is 1.89 bits per heavy atom. The summed E-state index contributed by atoms with van der Waals surface area (Å²) >= 11 is 0. The molecule has 0 radical (unpaired) electrons. The first-order valence-electron chi connectivity index (χ1n) is 6.85. The number of hydrogen-bond acceptors (Lipinski definition) is 3. The molecule has 2 N–H and O–H groups in total. The van der Waals surface area contributed by atoms with Crippen molar-refractivity contribution in [2.75, 3.05) is 33.2 Å². The molecule has 1 aliphatic heterocycles. The van der Waals surface area contributed by atoms with Gasteiger partial charge in [-0.3, -0.25) is 9.59 Å². The Hall–Kier alpha value is -1.10. The summed E-state index contributed by atoms with van der Waals surface area (Å²) < 4.78 is 0. The highest BCUT2D eigenvalue weighted by molar-refractivity contribution is 5.80. The molecule has 1 heterocycles. The average molecular weight is 255 g/mol. The number of nitrogens with zero attached hydrogens (tertiary/aromatic N) is 1. The summed E-state index contributed by atoms with van der Waals surface area (Å²) in [7, 11) is 1.82. The topological polar surface area (TPSA) is 61.4 Å². The zero-order valence-corrected chi connectivity index (χ0v) is 11.5. The van der Waals surface area contributed by atoms with Gasteiger partial charge in [0.15, 0.2) is 0 Å². The number of amides is 2. The van der Waals surface area contributed by atoms with Crippen molar-refractivity contribution in [3.8, 4) is 0 Å². The number of carbonyl (C=O) groups is 2. The number of likely N-dealkylation sites (tertiary alicyclic amines) is 1. The lowest BCUT2D eigenvalue weighted by molar-refractivity contribution is -0.132. The van der Waals surface area contributed by atoms with Crippen LogP contribution in [0.4, 0.5) is 0 Å². The minimum Gasteiger partial charge on any atom is -0.355 e. The highest BCUT2D eigenvalue weighted by atomic mass is 16.2. The van der Waals surface area contributed by atoms with Gasteiger partial charge in [0.1, 0.15) is 0 Å². The first-order valence-corrected chi connectivity index (χ1v) is 6.85. The van der Waals surface area contributed by atoms with E-state index in [0.717, 1.165) is 25.9 Å². The summed E-state index contributed by atoms with van der Waals surface area (Å²) in [5.41, 5.74) is 0. The Bertz CT molecular complexity index is 275. The number of hydrogen-bond donors (Lipinski definition) is 2. The van der Waals surface area contributed by atoms with Crippen molar-refractivity contribution in [1.82, 2.24) is 15.5 Å². The Balaban J connectivity index is 2.16. The van der Waals surface area contributed by atoms with Gasteiger partial charge in [-0.25, -0.2) is 0 Å². The van der Waals surface area contributed by atoms with Gasteiger partial charge in [-0.05, 0) is 26.3 Å². The Kier molecular flexibility index (Phi) is 6.72. The standard InChI is InChI=1S/C13H25N3O2/c1-11(10-14-2)13(18)15-7-6-12(17)16-8-4-3-5-9-16/h11,14H,3-10H2,1-2H3,(H,15,18). The second kappa shape index (κ2) is 8.08. The molecule has 1 saturated heterocycles. The molecule has 1 aliphatic rings. The van der Waals surface area contributed by atoms with Crippen molar-refractivity contribution in [2.45, 2.75) is 32.6 Å². The van der Waals surface area contributed by atoms with Crippen molar-refractivity contribution in [1.29, 1.82) is 0 Å². The van der Waals surface area contributed by atoms with E-state index in [4.69, 9.17) is 0 Å². The van der Waals surface area contributed by atoms with E-state index in [1.54, 1.807) is 0 Å². The van der Waals surface area contributed by atoms with E-state index in [1.807, 2.05) is 18.9 Å².